The van der Waals surface area contributed by atoms with Gasteiger partial charge in [-0.25, -0.2) is 4.79 Å². The van der Waals surface area contributed by atoms with Crippen LogP contribution in [0.1, 0.15) is 5.56 Å². The molecule has 1 fully saturated rings. The number of rotatable bonds is 7. The minimum Gasteiger partial charge on any atom is -0.496 e. The molecule has 1 aliphatic rings. The van der Waals surface area contributed by atoms with Crippen molar-refractivity contribution in [3.05, 3.63) is 54.1 Å². The van der Waals surface area contributed by atoms with Gasteiger partial charge in [-0.15, -0.1) is 11.8 Å². The van der Waals surface area contributed by atoms with Gasteiger partial charge < -0.3 is 15.2 Å². The van der Waals surface area contributed by atoms with E-state index in [1.54, 1.807) is 18.9 Å². The number of carboxylic acids is 1. The third-order valence-corrected chi connectivity index (χ3v) is 5.40. The normalized spacial score (nSPS) is 17.3. The predicted octanol–water partition coefficient (Wildman–Crippen LogP) is 2.14. The first kappa shape index (κ1) is 19.3. The van der Waals surface area contributed by atoms with Gasteiger partial charge in [-0.2, -0.15) is 0 Å². The molecule has 142 valence electrons. The monoisotopic (exact) mass is 386 g/mol. The number of thioether (sulfide) groups is 1. The fourth-order valence-electron chi connectivity index (χ4n) is 2.98. The molecule has 1 saturated heterocycles. The number of nitrogens with one attached hydrogen (secondary N) is 2. The van der Waals surface area contributed by atoms with E-state index < -0.39 is 12.0 Å². The van der Waals surface area contributed by atoms with Crippen LogP contribution in [0.4, 0.5) is 0 Å². The van der Waals surface area contributed by atoms with Gasteiger partial charge in [-0.05, 0) is 17.2 Å². The second kappa shape index (κ2) is 8.92. The highest BCUT2D eigenvalue weighted by Crippen LogP contribution is 2.29. The summed E-state index contributed by atoms with van der Waals surface area (Å²) in [5.74, 6) is 0.843. The van der Waals surface area contributed by atoms with E-state index in [4.69, 9.17) is 4.74 Å². The average molecular weight is 386 g/mol. The third kappa shape index (κ3) is 4.81. The first-order valence-electron chi connectivity index (χ1n) is 8.65. The van der Waals surface area contributed by atoms with Crippen molar-refractivity contribution >= 4 is 23.6 Å². The number of benzene rings is 2. The summed E-state index contributed by atoms with van der Waals surface area (Å²) in [6, 6.07) is 14.1. The summed E-state index contributed by atoms with van der Waals surface area (Å²) in [6.07, 6.45) is 0.229. The van der Waals surface area contributed by atoms with Crippen LogP contribution in [-0.2, 0) is 16.0 Å². The Morgan fingerprint density at radius 3 is 2.63 bits per heavy atom. The van der Waals surface area contributed by atoms with Gasteiger partial charge in [0.2, 0.25) is 5.91 Å². The van der Waals surface area contributed by atoms with Crippen molar-refractivity contribution in [2.24, 2.45) is 0 Å². The molecule has 0 spiro atoms. The van der Waals surface area contributed by atoms with E-state index in [1.165, 1.54) is 0 Å². The number of methoxy groups -OCH3 is 1. The van der Waals surface area contributed by atoms with Crippen LogP contribution in [0.15, 0.2) is 48.5 Å². The molecule has 0 saturated carbocycles. The van der Waals surface area contributed by atoms with Gasteiger partial charge >= 0.3 is 5.97 Å². The SMILES string of the molecule is COc1ccccc1-c1ccc(C[C@H](NC(=O)[C@H]2CSCN2)C(=O)O)cc1. The smallest absolute Gasteiger partial charge is 0.326 e. The molecule has 0 aliphatic carbocycles. The molecule has 2 aromatic rings. The number of aliphatic carboxylic acids is 1. The van der Waals surface area contributed by atoms with Gasteiger partial charge in [0.05, 0.1) is 13.2 Å². The van der Waals surface area contributed by atoms with Crippen molar-refractivity contribution in [1.82, 2.24) is 10.6 Å². The van der Waals surface area contributed by atoms with Crippen LogP contribution >= 0.6 is 11.8 Å². The maximum Gasteiger partial charge on any atom is 0.326 e. The molecular formula is C20H22N2O4S. The summed E-state index contributed by atoms with van der Waals surface area (Å²) in [7, 11) is 1.63. The van der Waals surface area contributed by atoms with E-state index in [0.29, 0.717) is 11.6 Å². The molecule has 3 rings (SSSR count). The van der Waals surface area contributed by atoms with Gasteiger partial charge in [-0.1, -0.05) is 42.5 Å². The van der Waals surface area contributed by atoms with Crippen LogP contribution in [0, 0.1) is 0 Å². The standard InChI is InChI=1S/C20H22N2O4S/c1-26-18-5-3-2-4-15(18)14-8-6-13(7-9-14)10-16(20(24)25)22-19(23)17-11-27-12-21-17/h2-9,16-17,21H,10-12H2,1H3,(H,22,23)(H,24,25)/t16-,17+/m0/s1. The van der Waals surface area contributed by atoms with Crippen molar-refractivity contribution in [2.75, 3.05) is 18.7 Å². The summed E-state index contributed by atoms with van der Waals surface area (Å²) in [5.41, 5.74) is 2.80. The summed E-state index contributed by atoms with van der Waals surface area (Å²) < 4.78 is 5.39. The molecule has 2 atom stereocenters. The Morgan fingerprint density at radius 2 is 2.00 bits per heavy atom. The molecule has 3 N–H and O–H groups in total. The van der Waals surface area contributed by atoms with Crippen LogP contribution in [0.25, 0.3) is 11.1 Å². The Balaban J connectivity index is 1.69. The number of hydrogen-bond donors (Lipinski definition) is 3. The molecule has 0 unspecified atom stereocenters. The van der Waals surface area contributed by atoms with E-state index in [1.807, 2.05) is 48.5 Å². The van der Waals surface area contributed by atoms with Crippen LogP contribution < -0.4 is 15.4 Å². The minimum atomic E-state index is -1.04. The number of amides is 1. The van der Waals surface area contributed by atoms with E-state index in [9.17, 15) is 14.7 Å². The second-order valence-corrected chi connectivity index (χ2v) is 7.30. The van der Waals surface area contributed by atoms with Gasteiger partial charge in [0.1, 0.15) is 11.8 Å². The van der Waals surface area contributed by atoms with E-state index >= 15 is 0 Å². The highest BCUT2D eigenvalue weighted by Gasteiger charge is 2.27. The molecule has 0 bridgehead atoms. The van der Waals surface area contributed by atoms with Crippen LogP contribution in [0.2, 0.25) is 0 Å². The maximum atomic E-state index is 12.2. The zero-order valence-corrected chi connectivity index (χ0v) is 15.8. The Hall–Kier alpha value is -2.51. The van der Waals surface area contributed by atoms with Gasteiger partial charge in [0.25, 0.3) is 0 Å². The first-order chi connectivity index (χ1) is 13.1. The molecule has 1 heterocycles. The molecular weight excluding hydrogens is 364 g/mol. The van der Waals surface area contributed by atoms with Gasteiger partial charge in [-0.3, -0.25) is 10.1 Å². The molecule has 1 amide bonds. The lowest BCUT2D eigenvalue weighted by molar-refractivity contribution is -0.142. The van der Waals surface area contributed by atoms with Crippen molar-refractivity contribution in [3.63, 3.8) is 0 Å². The summed E-state index contributed by atoms with van der Waals surface area (Å²) >= 11 is 1.62. The molecule has 2 aromatic carbocycles. The maximum absolute atomic E-state index is 12.2. The fraction of sp³-hybridized carbons (Fsp3) is 0.300. The average Bonchev–Trinajstić information content (AvgIpc) is 3.23. The second-order valence-electron chi connectivity index (χ2n) is 6.27. The number of carbonyl (C=O) groups excluding carboxylic acids is 1. The predicted molar refractivity (Wildman–Crippen MR) is 106 cm³/mol. The number of carbonyl (C=O) groups is 2. The molecule has 6 nitrogen and oxygen atoms in total. The molecule has 0 radical (unpaired) electrons. The quantitative estimate of drug-likeness (QED) is 0.676. The molecule has 1 aliphatic heterocycles. The van der Waals surface area contributed by atoms with Gasteiger partial charge in [0.15, 0.2) is 0 Å². The number of carboxylic acid groups (broad SMARTS) is 1. The van der Waals surface area contributed by atoms with Crippen molar-refractivity contribution in [3.8, 4) is 16.9 Å². The third-order valence-electron chi connectivity index (χ3n) is 4.46. The largest absolute Gasteiger partial charge is 0.496 e. The van der Waals surface area contributed by atoms with Crippen molar-refractivity contribution in [1.29, 1.82) is 0 Å². The summed E-state index contributed by atoms with van der Waals surface area (Å²) in [4.78, 5) is 23.8. The van der Waals surface area contributed by atoms with Crippen LogP contribution in [-0.4, -0.2) is 47.8 Å². The first-order valence-corrected chi connectivity index (χ1v) is 9.80. The summed E-state index contributed by atoms with van der Waals surface area (Å²) in [5, 5.41) is 15.2. The molecule has 27 heavy (non-hydrogen) atoms. The lowest BCUT2D eigenvalue weighted by atomic mass is 10.00. The van der Waals surface area contributed by atoms with E-state index in [0.717, 1.165) is 22.4 Å². The zero-order valence-electron chi connectivity index (χ0n) is 15.0. The Morgan fingerprint density at radius 1 is 1.26 bits per heavy atom. The number of hydrogen-bond acceptors (Lipinski definition) is 5. The van der Waals surface area contributed by atoms with Crippen molar-refractivity contribution in [2.45, 2.75) is 18.5 Å². The Kier molecular flexibility index (Phi) is 6.36. The summed E-state index contributed by atoms with van der Waals surface area (Å²) in [6.45, 7) is 0. The lowest BCUT2D eigenvalue weighted by Gasteiger charge is -2.17. The van der Waals surface area contributed by atoms with Crippen LogP contribution in [0.5, 0.6) is 5.75 Å². The van der Waals surface area contributed by atoms with Crippen molar-refractivity contribution < 1.29 is 19.4 Å². The fourth-order valence-corrected chi connectivity index (χ4v) is 3.92. The Bertz CT molecular complexity index is 804. The molecule has 7 heteroatoms. The van der Waals surface area contributed by atoms with E-state index in [2.05, 4.69) is 10.6 Å². The highest BCUT2D eigenvalue weighted by molar-refractivity contribution is 7.99. The number of ether oxygens (including phenoxy) is 1. The number of para-hydroxylation sites is 1. The minimum absolute atomic E-state index is 0.229. The molecule has 0 aromatic heterocycles. The van der Waals surface area contributed by atoms with Crippen LogP contribution in [0.3, 0.4) is 0 Å². The lowest BCUT2D eigenvalue weighted by Crippen LogP contribution is -2.50. The Labute approximate surface area is 162 Å². The zero-order chi connectivity index (χ0) is 19.2. The van der Waals surface area contributed by atoms with E-state index in [-0.39, 0.29) is 18.4 Å². The highest BCUT2D eigenvalue weighted by atomic mass is 32.2. The van der Waals surface area contributed by atoms with Gasteiger partial charge in [0, 0.05) is 23.6 Å². The topological polar surface area (TPSA) is 87.7 Å².